The van der Waals surface area contributed by atoms with Gasteiger partial charge in [-0.2, -0.15) is 8.78 Å². The van der Waals surface area contributed by atoms with Gasteiger partial charge in [-0.05, 0) is 68.4 Å². The summed E-state index contributed by atoms with van der Waals surface area (Å²) in [6.07, 6.45) is 0. The number of allylic oxidation sites excluding steroid dienone is 2. The summed E-state index contributed by atoms with van der Waals surface area (Å²) in [5.74, 6) is -0.995. The van der Waals surface area contributed by atoms with Gasteiger partial charge in [0.05, 0.1) is 20.1 Å². The molecular formula is C30H29F2N3O5. The molecule has 40 heavy (non-hydrogen) atoms. The zero-order valence-corrected chi connectivity index (χ0v) is 22.4. The largest absolute Gasteiger partial charge is 0.497 e. The molecule has 0 bridgehead atoms. The Kier molecular flexibility index (Phi) is 8.68. The van der Waals surface area contributed by atoms with Gasteiger partial charge < -0.3 is 30.2 Å². The maximum absolute atomic E-state index is 13.8. The van der Waals surface area contributed by atoms with Gasteiger partial charge >= 0.3 is 6.61 Å². The zero-order valence-electron chi connectivity index (χ0n) is 22.4. The van der Waals surface area contributed by atoms with Gasteiger partial charge in [-0.3, -0.25) is 9.59 Å². The van der Waals surface area contributed by atoms with Crippen molar-refractivity contribution in [2.75, 3.05) is 24.9 Å². The number of benzene rings is 3. The summed E-state index contributed by atoms with van der Waals surface area (Å²) in [5, 5.41) is 8.80. The Hall–Kier alpha value is -4.86. The Morgan fingerprint density at radius 2 is 1.20 bits per heavy atom. The molecule has 1 aliphatic rings. The summed E-state index contributed by atoms with van der Waals surface area (Å²) in [5.41, 5.74) is 2.47. The van der Waals surface area contributed by atoms with E-state index in [0.717, 1.165) is 0 Å². The summed E-state index contributed by atoms with van der Waals surface area (Å²) in [7, 11) is 3.07. The number of methoxy groups -OCH3 is 2. The van der Waals surface area contributed by atoms with Gasteiger partial charge in [0.1, 0.15) is 17.2 Å². The molecule has 0 unspecified atom stereocenters. The molecule has 3 aromatic rings. The lowest BCUT2D eigenvalue weighted by molar-refractivity contribution is -0.113. The number of amides is 2. The summed E-state index contributed by atoms with van der Waals surface area (Å²) >= 11 is 0. The van der Waals surface area contributed by atoms with E-state index in [1.165, 1.54) is 20.3 Å². The summed E-state index contributed by atoms with van der Waals surface area (Å²) in [6.45, 7) is 0.272. The van der Waals surface area contributed by atoms with Crippen LogP contribution in [0.2, 0.25) is 0 Å². The number of rotatable bonds is 9. The number of carbonyl (C=O) groups excluding carboxylic acids is 2. The molecule has 10 heteroatoms. The number of alkyl halides is 2. The van der Waals surface area contributed by atoms with Crippen LogP contribution < -0.4 is 30.2 Å². The predicted octanol–water partition coefficient (Wildman–Crippen LogP) is 5.82. The van der Waals surface area contributed by atoms with Crippen LogP contribution in [-0.4, -0.2) is 32.6 Å². The van der Waals surface area contributed by atoms with Crippen LogP contribution in [0.3, 0.4) is 0 Å². The second kappa shape index (κ2) is 12.3. The number of anilines is 2. The first kappa shape index (κ1) is 28.2. The number of halogens is 2. The van der Waals surface area contributed by atoms with E-state index >= 15 is 0 Å². The first-order valence-electron chi connectivity index (χ1n) is 12.3. The molecule has 2 amide bonds. The summed E-state index contributed by atoms with van der Waals surface area (Å²) in [6, 6.07) is 19.6. The van der Waals surface area contributed by atoms with Crippen molar-refractivity contribution in [2.45, 2.75) is 26.4 Å². The molecule has 0 aromatic heterocycles. The lowest BCUT2D eigenvalue weighted by Crippen LogP contribution is -2.35. The highest BCUT2D eigenvalue weighted by Gasteiger charge is 2.38. The van der Waals surface area contributed by atoms with Crippen LogP contribution in [-0.2, 0) is 9.59 Å². The molecule has 3 aromatic carbocycles. The molecule has 0 saturated carbocycles. The highest BCUT2D eigenvalue weighted by Crippen LogP contribution is 2.43. The van der Waals surface area contributed by atoms with Crippen molar-refractivity contribution in [3.63, 3.8) is 0 Å². The maximum Gasteiger partial charge on any atom is 0.387 e. The van der Waals surface area contributed by atoms with Crippen molar-refractivity contribution in [1.29, 1.82) is 0 Å². The van der Waals surface area contributed by atoms with Gasteiger partial charge in [0.15, 0.2) is 0 Å². The van der Waals surface area contributed by atoms with Crippen LogP contribution in [0.15, 0.2) is 95.3 Å². The Morgan fingerprint density at radius 3 is 1.62 bits per heavy atom. The fourth-order valence-electron chi connectivity index (χ4n) is 4.57. The molecular weight excluding hydrogens is 520 g/mol. The van der Waals surface area contributed by atoms with Crippen LogP contribution in [0, 0.1) is 0 Å². The van der Waals surface area contributed by atoms with Crippen LogP contribution in [0.25, 0.3) is 0 Å². The highest BCUT2D eigenvalue weighted by molar-refractivity contribution is 6.12. The SMILES string of the molecule is COc1ccc(NC(=O)C2=C(C)NC(C)=C(C(=O)Nc3ccc(OC)cc3)C2c2ccccc2OC(F)F)cc1. The molecule has 0 fully saturated rings. The molecule has 0 spiro atoms. The van der Waals surface area contributed by atoms with Crippen molar-refractivity contribution in [1.82, 2.24) is 5.32 Å². The number of ether oxygens (including phenoxy) is 3. The molecule has 1 heterocycles. The van der Waals surface area contributed by atoms with E-state index in [2.05, 4.69) is 16.0 Å². The van der Waals surface area contributed by atoms with E-state index in [1.54, 1.807) is 80.6 Å². The van der Waals surface area contributed by atoms with Gasteiger partial charge in [0.25, 0.3) is 11.8 Å². The van der Waals surface area contributed by atoms with Crippen LogP contribution in [0.1, 0.15) is 25.3 Å². The number of hydrogen-bond acceptors (Lipinski definition) is 6. The summed E-state index contributed by atoms with van der Waals surface area (Å²) in [4.78, 5) is 27.5. The molecule has 0 aliphatic carbocycles. The van der Waals surface area contributed by atoms with E-state index in [4.69, 9.17) is 14.2 Å². The monoisotopic (exact) mass is 549 g/mol. The van der Waals surface area contributed by atoms with Gasteiger partial charge in [0, 0.05) is 39.5 Å². The van der Waals surface area contributed by atoms with Crippen molar-refractivity contribution >= 4 is 23.2 Å². The van der Waals surface area contributed by atoms with Gasteiger partial charge in [0.2, 0.25) is 0 Å². The minimum Gasteiger partial charge on any atom is -0.497 e. The third kappa shape index (κ3) is 6.23. The maximum atomic E-state index is 13.8. The van der Waals surface area contributed by atoms with Gasteiger partial charge in [-0.15, -0.1) is 0 Å². The Bertz CT molecular complexity index is 1370. The first-order chi connectivity index (χ1) is 19.2. The van der Waals surface area contributed by atoms with Crippen molar-refractivity contribution < 1.29 is 32.6 Å². The molecule has 8 nitrogen and oxygen atoms in total. The highest BCUT2D eigenvalue weighted by atomic mass is 19.3. The van der Waals surface area contributed by atoms with Gasteiger partial charge in [-0.1, -0.05) is 18.2 Å². The molecule has 1 aliphatic heterocycles. The van der Waals surface area contributed by atoms with Crippen LogP contribution >= 0.6 is 0 Å². The fourth-order valence-corrected chi connectivity index (χ4v) is 4.57. The second-order valence-corrected chi connectivity index (χ2v) is 8.92. The molecule has 4 rings (SSSR count). The van der Waals surface area contributed by atoms with Crippen molar-refractivity contribution in [3.05, 3.63) is 101 Å². The summed E-state index contributed by atoms with van der Waals surface area (Å²) < 4.78 is 42.0. The van der Waals surface area contributed by atoms with E-state index in [1.807, 2.05) is 0 Å². The Morgan fingerprint density at radius 1 is 0.750 bits per heavy atom. The standard InChI is InChI=1S/C30H29F2N3O5/c1-17-25(28(36)34-19-9-13-21(38-3)14-10-19)27(23-7-5-6-8-24(23)40-30(31)32)26(18(2)33-17)29(37)35-20-11-15-22(39-4)16-12-20/h5-16,27,30,33H,1-4H3,(H,34,36)(H,35,37). The second-order valence-electron chi connectivity index (χ2n) is 8.92. The minimum atomic E-state index is -3.11. The number of para-hydroxylation sites is 1. The van der Waals surface area contributed by atoms with Crippen LogP contribution in [0.5, 0.6) is 17.2 Å². The zero-order chi connectivity index (χ0) is 28.8. The third-order valence-corrected chi connectivity index (χ3v) is 6.39. The normalized spacial score (nSPS) is 13.6. The number of nitrogens with one attached hydrogen (secondary N) is 3. The Labute approximate surface area is 230 Å². The number of dihydropyridines is 1. The molecule has 0 saturated heterocycles. The first-order valence-corrected chi connectivity index (χ1v) is 12.3. The van der Waals surface area contributed by atoms with E-state index in [0.29, 0.717) is 34.3 Å². The lowest BCUT2D eigenvalue weighted by atomic mass is 9.79. The molecule has 208 valence electrons. The molecule has 0 atom stereocenters. The van der Waals surface area contributed by atoms with E-state index < -0.39 is 24.3 Å². The van der Waals surface area contributed by atoms with Crippen molar-refractivity contribution in [3.8, 4) is 17.2 Å². The smallest absolute Gasteiger partial charge is 0.387 e. The topological polar surface area (TPSA) is 97.9 Å². The molecule has 0 radical (unpaired) electrons. The van der Waals surface area contributed by atoms with Crippen molar-refractivity contribution in [2.24, 2.45) is 0 Å². The van der Waals surface area contributed by atoms with Crippen LogP contribution in [0.4, 0.5) is 20.2 Å². The molecule has 3 N–H and O–H groups in total. The number of hydrogen-bond donors (Lipinski definition) is 3. The average Bonchev–Trinajstić information content (AvgIpc) is 2.93. The van der Waals surface area contributed by atoms with Gasteiger partial charge in [-0.25, -0.2) is 0 Å². The Balaban J connectivity index is 1.78. The quantitative estimate of drug-likeness (QED) is 0.311. The predicted molar refractivity (Wildman–Crippen MR) is 148 cm³/mol. The average molecular weight is 550 g/mol. The van der Waals surface area contributed by atoms with E-state index in [9.17, 15) is 18.4 Å². The van der Waals surface area contributed by atoms with E-state index in [-0.39, 0.29) is 22.5 Å². The minimum absolute atomic E-state index is 0.144. The third-order valence-electron chi connectivity index (χ3n) is 6.39. The number of carbonyl (C=O) groups is 2. The lowest BCUT2D eigenvalue weighted by Gasteiger charge is -2.32. The fraction of sp³-hybridized carbons (Fsp3) is 0.200.